The van der Waals surface area contributed by atoms with Crippen molar-refractivity contribution in [2.75, 3.05) is 0 Å². The number of fused-ring (bicyclic) bond motifs is 1. The van der Waals surface area contributed by atoms with E-state index in [4.69, 9.17) is 19.2 Å². The highest BCUT2D eigenvalue weighted by molar-refractivity contribution is 5.70. The van der Waals surface area contributed by atoms with Gasteiger partial charge in [0.1, 0.15) is 30.5 Å². The van der Waals surface area contributed by atoms with Crippen molar-refractivity contribution in [2.45, 2.75) is 76.0 Å². The summed E-state index contributed by atoms with van der Waals surface area (Å²) in [4.78, 5) is 22.8. The number of carbonyl (C=O) groups is 1. The van der Waals surface area contributed by atoms with E-state index in [1.807, 2.05) is 6.92 Å². The molecule has 122 valence electrons. The second-order valence-corrected chi connectivity index (χ2v) is 8.09. The molecule has 2 heterocycles. The minimum absolute atomic E-state index is 0.00907. The highest BCUT2D eigenvalue weighted by Gasteiger charge is 2.55. The Morgan fingerprint density at radius 3 is 2.36 bits per heavy atom. The molecule has 2 saturated heterocycles. The molecule has 4 atom stereocenters. The molecule has 0 N–H and O–H groups in total. The van der Waals surface area contributed by atoms with Crippen molar-refractivity contribution < 1.29 is 24.0 Å². The van der Waals surface area contributed by atoms with Gasteiger partial charge in [0, 0.05) is 0 Å². The smallest absolute Gasteiger partial charge is 0.308 e. The lowest BCUT2D eigenvalue weighted by molar-refractivity contribution is -0.360. The minimum Gasteiger partial charge on any atom is -0.462 e. The van der Waals surface area contributed by atoms with Crippen molar-refractivity contribution in [1.82, 2.24) is 0 Å². The standard InChI is InChI=1S/C17H24O5/c1-8-15-17(20-15)13(22-21-8)7-14(18)19-16-11-3-9-2-10(5-11)6-12(16)4-9/h8-13,15-17H,2-7H2,1H3/t8-,9?,10?,11?,12?,13+,15-,16?,17+/m1/s1. The van der Waals surface area contributed by atoms with Gasteiger partial charge in [0.05, 0.1) is 6.42 Å². The third-order valence-electron chi connectivity index (χ3n) is 6.50. The van der Waals surface area contributed by atoms with Gasteiger partial charge in [0.2, 0.25) is 0 Å². The van der Waals surface area contributed by atoms with E-state index in [1.54, 1.807) is 0 Å². The number of ether oxygens (including phenoxy) is 2. The molecular formula is C17H24O5. The van der Waals surface area contributed by atoms with E-state index in [0.717, 1.165) is 11.8 Å². The molecule has 0 amide bonds. The average molecular weight is 308 g/mol. The van der Waals surface area contributed by atoms with Crippen molar-refractivity contribution in [1.29, 1.82) is 0 Å². The van der Waals surface area contributed by atoms with Crippen molar-refractivity contribution >= 4 is 5.97 Å². The highest BCUT2D eigenvalue weighted by atomic mass is 17.2. The summed E-state index contributed by atoms with van der Waals surface area (Å²) in [5, 5.41) is 0. The van der Waals surface area contributed by atoms with E-state index >= 15 is 0 Å². The first kappa shape index (κ1) is 13.8. The summed E-state index contributed by atoms with van der Waals surface area (Å²) >= 11 is 0. The fourth-order valence-electron chi connectivity index (χ4n) is 5.66. The van der Waals surface area contributed by atoms with Gasteiger partial charge >= 0.3 is 5.97 Å². The van der Waals surface area contributed by atoms with E-state index in [0.29, 0.717) is 11.8 Å². The third kappa shape index (κ3) is 2.21. The lowest BCUT2D eigenvalue weighted by atomic mass is 9.55. The lowest BCUT2D eigenvalue weighted by Crippen LogP contribution is -2.50. The van der Waals surface area contributed by atoms with Crippen LogP contribution in [0.2, 0.25) is 0 Å². The highest BCUT2D eigenvalue weighted by Crippen LogP contribution is 2.54. The lowest BCUT2D eigenvalue weighted by Gasteiger charge is -2.53. The Balaban J connectivity index is 1.19. The molecule has 0 unspecified atom stereocenters. The largest absolute Gasteiger partial charge is 0.462 e. The zero-order chi connectivity index (χ0) is 14.8. The maximum atomic E-state index is 12.3. The monoisotopic (exact) mass is 308 g/mol. The number of epoxide rings is 1. The molecule has 0 aromatic rings. The average Bonchev–Trinajstić information content (AvgIpc) is 3.27. The Labute approximate surface area is 130 Å². The van der Waals surface area contributed by atoms with Gasteiger partial charge in [-0.15, -0.1) is 0 Å². The first-order chi connectivity index (χ1) is 10.7. The molecule has 5 nitrogen and oxygen atoms in total. The van der Waals surface area contributed by atoms with Crippen LogP contribution in [0.1, 0.15) is 45.4 Å². The molecule has 6 fully saturated rings. The van der Waals surface area contributed by atoms with E-state index in [9.17, 15) is 4.79 Å². The number of esters is 1. The first-order valence-electron chi connectivity index (χ1n) is 8.84. The fourth-order valence-corrected chi connectivity index (χ4v) is 5.66. The van der Waals surface area contributed by atoms with Crippen molar-refractivity contribution in [3.05, 3.63) is 0 Å². The van der Waals surface area contributed by atoms with E-state index in [-0.39, 0.29) is 42.9 Å². The van der Waals surface area contributed by atoms with Gasteiger partial charge < -0.3 is 9.47 Å². The van der Waals surface area contributed by atoms with Gasteiger partial charge in [-0.3, -0.25) is 4.79 Å². The molecule has 0 radical (unpaired) electrons. The summed E-state index contributed by atoms with van der Waals surface area (Å²) in [6.45, 7) is 1.92. The van der Waals surface area contributed by atoms with Gasteiger partial charge in [-0.05, 0) is 62.7 Å². The summed E-state index contributed by atoms with van der Waals surface area (Å²) in [5.41, 5.74) is 0. The summed E-state index contributed by atoms with van der Waals surface area (Å²) < 4.78 is 11.4. The second kappa shape index (κ2) is 4.92. The fraction of sp³-hybridized carbons (Fsp3) is 0.941. The van der Waals surface area contributed by atoms with E-state index in [1.165, 1.54) is 32.1 Å². The summed E-state index contributed by atoms with van der Waals surface area (Å²) in [5.74, 6) is 2.86. The van der Waals surface area contributed by atoms with Crippen molar-refractivity contribution in [3.63, 3.8) is 0 Å². The maximum absolute atomic E-state index is 12.3. The van der Waals surface area contributed by atoms with Crippen LogP contribution in [0.4, 0.5) is 0 Å². The van der Waals surface area contributed by atoms with Gasteiger partial charge in [-0.1, -0.05) is 0 Å². The van der Waals surface area contributed by atoms with Gasteiger partial charge in [0.25, 0.3) is 0 Å². The van der Waals surface area contributed by atoms with Gasteiger partial charge in [0.15, 0.2) is 0 Å². The first-order valence-corrected chi connectivity index (χ1v) is 8.84. The minimum atomic E-state index is -0.300. The van der Waals surface area contributed by atoms with Crippen LogP contribution in [0.5, 0.6) is 0 Å². The molecule has 0 aromatic heterocycles. The van der Waals surface area contributed by atoms with Crippen LogP contribution in [-0.4, -0.2) is 36.5 Å². The Morgan fingerprint density at radius 2 is 1.68 bits per heavy atom. The molecule has 6 rings (SSSR count). The molecule has 0 spiro atoms. The zero-order valence-electron chi connectivity index (χ0n) is 13.0. The number of hydrogen-bond acceptors (Lipinski definition) is 5. The van der Waals surface area contributed by atoms with Gasteiger partial charge in [-0.25, -0.2) is 9.78 Å². The van der Waals surface area contributed by atoms with Crippen LogP contribution in [-0.2, 0) is 24.0 Å². The predicted octanol–water partition coefficient (Wildman–Crippen LogP) is 2.23. The summed E-state index contributed by atoms with van der Waals surface area (Å²) in [7, 11) is 0. The Hall–Kier alpha value is -0.650. The molecule has 6 aliphatic rings. The predicted molar refractivity (Wildman–Crippen MR) is 75.6 cm³/mol. The second-order valence-electron chi connectivity index (χ2n) is 8.09. The van der Waals surface area contributed by atoms with Crippen LogP contribution in [0.15, 0.2) is 0 Å². The molecule has 5 heteroatoms. The molecule has 2 aliphatic heterocycles. The Morgan fingerprint density at radius 1 is 1.00 bits per heavy atom. The Bertz CT molecular complexity index is 450. The van der Waals surface area contributed by atoms with Gasteiger partial charge in [-0.2, -0.15) is 0 Å². The molecule has 4 saturated carbocycles. The summed E-state index contributed by atoms with van der Waals surface area (Å²) in [6, 6.07) is 0. The molecule has 0 aromatic carbocycles. The molecule has 4 bridgehead atoms. The van der Waals surface area contributed by atoms with Crippen LogP contribution in [0.3, 0.4) is 0 Å². The van der Waals surface area contributed by atoms with Crippen LogP contribution < -0.4 is 0 Å². The normalized spacial score (nSPS) is 54.9. The number of carbonyl (C=O) groups excluding carboxylic acids is 1. The number of hydrogen-bond donors (Lipinski definition) is 0. The maximum Gasteiger partial charge on any atom is 0.308 e. The molecular weight excluding hydrogens is 284 g/mol. The molecule has 4 aliphatic carbocycles. The van der Waals surface area contributed by atoms with Crippen molar-refractivity contribution in [3.8, 4) is 0 Å². The van der Waals surface area contributed by atoms with E-state index < -0.39 is 0 Å². The van der Waals surface area contributed by atoms with E-state index in [2.05, 4.69) is 0 Å². The van der Waals surface area contributed by atoms with Crippen molar-refractivity contribution in [2.24, 2.45) is 23.7 Å². The molecule has 22 heavy (non-hydrogen) atoms. The summed E-state index contributed by atoms with van der Waals surface area (Å²) in [6.07, 6.45) is 6.63. The quantitative estimate of drug-likeness (QED) is 0.454. The topological polar surface area (TPSA) is 57.3 Å². The van der Waals surface area contributed by atoms with Crippen LogP contribution >= 0.6 is 0 Å². The SMILES string of the molecule is C[C@H]1OO[C@@H](CC(=O)OC2C3CC4CC(C3)CC2C4)[C@@H]2O[C@@H]21. The van der Waals surface area contributed by atoms with Crippen LogP contribution in [0, 0.1) is 23.7 Å². The Kier molecular flexibility index (Phi) is 3.08. The third-order valence-corrected chi connectivity index (χ3v) is 6.50. The number of rotatable bonds is 3. The zero-order valence-corrected chi connectivity index (χ0v) is 13.0. The van der Waals surface area contributed by atoms with Crippen LogP contribution in [0.25, 0.3) is 0 Å².